The first-order chi connectivity index (χ1) is 10.5. The van der Waals surface area contributed by atoms with Crippen LogP contribution in [-0.2, 0) is 9.59 Å². The molecular weight excluding hydrogens is 284 g/mol. The van der Waals surface area contributed by atoms with Crippen LogP contribution in [0.3, 0.4) is 0 Å². The van der Waals surface area contributed by atoms with Gasteiger partial charge < -0.3 is 0 Å². The number of carbonyl (C=O) groups is 2. The van der Waals surface area contributed by atoms with Crippen molar-refractivity contribution < 1.29 is 9.59 Å². The Labute approximate surface area is 141 Å². The summed E-state index contributed by atoms with van der Waals surface area (Å²) in [6.07, 6.45) is 3.02. The molecular formula is C21H34O2. The standard InChI is InChI=1S/C21H34O2/c1-11(2)21(7,20(4,5)6)19(23)12(3)18-13-8-14-15(9-13)17(22)10-16(14)18/h11-16,18H,8-10H2,1-7H3. The first-order valence-electron chi connectivity index (χ1n) is 9.57. The molecule has 3 rings (SSSR count). The molecule has 3 aliphatic carbocycles. The number of carbonyl (C=O) groups excluding carboxylic acids is 2. The van der Waals surface area contributed by atoms with E-state index in [1.807, 2.05) is 0 Å². The Kier molecular flexibility index (Phi) is 3.86. The van der Waals surface area contributed by atoms with E-state index in [0.29, 0.717) is 47.1 Å². The Morgan fingerprint density at radius 2 is 1.65 bits per heavy atom. The summed E-state index contributed by atoms with van der Waals surface area (Å²) in [5.41, 5.74) is -0.353. The van der Waals surface area contributed by atoms with Crippen molar-refractivity contribution in [3.05, 3.63) is 0 Å². The van der Waals surface area contributed by atoms with Gasteiger partial charge in [-0.2, -0.15) is 0 Å². The summed E-state index contributed by atoms with van der Waals surface area (Å²) in [5.74, 6) is 3.88. The smallest absolute Gasteiger partial charge is 0.142 e. The molecule has 0 aliphatic heterocycles. The SMILES string of the molecule is CC(C(=O)C(C)(C(C)C)C(C)(C)C)C1C2CC3C(=O)CC1C3C2. The molecule has 0 saturated heterocycles. The van der Waals surface area contributed by atoms with E-state index in [1.54, 1.807) is 0 Å². The fourth-order valence-corrected chi connectivity index (χ4v) is 6.52. The largest absolute Gasteiger partial charge is 0.299 e. The summed E-state index contributed by atoms with van der Waals surface area (Å²) >= 11 is 0. The van der Waals surface area contributed by atoms with E-state index in [2.05, 4.69) is 48.5 Å². The lowest BCUT2D eigenvalue weighted by molar-refractivity contribution is -0.144. The number of rotatable bonds is 4. The quantitative estimate of drug-likeness (QED) is 0.749. The van der Waals surface area contributed by atoms with Crippen molar-refractivity contribution in [2.24, 2.45) is 52.3 Å². The van der Waals surface area contributed by atoms with Gasteiger partial charge in [0.15, 0.2) is 0 Å². The second-order valence-electron chi connectivity index (χ2n) is 10.2. The number of fused-ring (bicyclic) bond motifs is 1. The zero-order chi connectivity index (χ0) is 17.3. The lowest BCUT2D eigenvalue weighted by Crippen LogP contribution is -2.49. The van der Waals surface area contributed by atoms with E-state index in [9.17, 15) is 9.59 Å². The molecule has 7 unspecified atom stereocenters. The summed E-state index contributed by atoms with van der Waals surface area (Å²) in [7, 11) is 0. The number of Topliss-reactive ketones (excluding diaryl/α,β-unsaturated/α-hetero) is 2. The lowest BCUT2D eigenvalue weighted by Gasteiger charge is -2.47. The van der Waals surface area contributed by atoms with E-state index < -0.39 is 0 Å². The van der Waals surface area contributed by atoms with Gasteiger partial charge in [-0.15, -0.1) is 0 Å². The molecule has 2 heteroatoms. The van der Waals surface area contributed by atoms with Gasteiger partial charge in [-0.3, -0.25) is 9.59 Å². The minimum Gasteiger partial charge on any atom is -0.299 e. The highest BCUT2D eigenvalue weighted by atomic mass is 16.1. The van der Waals surface area contributed by atoms with Crippen LogP contribution in [0.15, 0.2) is 0 Å². The molecule has 0 spiro atoms. The molecule has 2 bridgehead atoms. The van der Waals surface area contributed by atoms with Gasteiger partial charge in [-0.25, -0.2) is 0 Å². The summed E-state index contributed by atoms with van der Waals surface area (Å²) in [5, 5.41) is 0. The monoisotopic (exact) mass is 318 g/mol. The van der Waals surface area contributed by atoms with Crippen LogP contribution in [0.25, 0.3) is 0 Å². The third kappa shape index (κ3) is 2.19. The van der Waals surface area contributed by atoms with Crippen LogP contribution in [-0.4, -0.2) is 11.6 Å². The minimum atomic E-state index is -0.309. The van der Waals surface area contributed by atoms with Gasteiger partial charge in [0.25, 0.3) is 0 Å². The van der Waals surface area contributed by atoms with Gasteiger partial charge in [0, 0.05) is 23.7 Å². The third-order valence-electron chi connectivity index (χ3n) is 8.30. The van der Waals surface area contributed by atoms with Crippen LogP contribution in [0.4, 0.5) is 0 Å². The van der Waals surface area contributed by atoms with Crippen molar-refractivity contribution in [1.82, 2.24) is 0 Å². The zero-order valence-corrected chi connectivity index (χ0v) is 16.0. The average molecular weight is 319 g/mol. The Morgan fingerprint density at radius 1 is 1.04 bits per heavy atom. The molecule has 0 aromatic rings. The van der Waals surface area contributed by atoms with Crippen molar-refractivity contribution >= 4 is 11.6 Å². The molecule has 7 atom stereocenters. The third-order valence-corrected chi connectivity index (χ3v) is 8.30. The first kappa shape index (κ1) is 17.2. The molecule has 2 nitrogen and oxygen atoms in total. The van der Waals surface area contributed by atoms with Crippen LogP contribution in [0, 0.1) is 52.3 Å². The molecule has 0 radical (unpaired) electrons. The summed E-state index contributed by atoms with van der Waals surface area (Å²) < 4.78 is 0. The number of ketones is 2. The fraction of sp³-hybridized carbons (Fsp3) is 0.905. The molecule has 3 saturated carbocycles. The van der Waals surface area contributed by atoms with Crippen LogP contribution in [0.5, 0.6) is 0 Å². The molecule has 130 valence electrons. The van der Waals surface area contributed by atoms with Gasteiger partial charge in [-0.1, -0.05) is 48.5 Å². The molecule has 3 aliphatic rings. The Morgan fingerprint density at radius 3 is 2.17 bits per heavy atom. The van der Waals surface area contributed by atoms with Crippen molar-refractivity contribution in [3.8, 4) is 0 Å². The molecule has 0 amide bonds. The van der Waals surface area contributed by atoms with Crippen LogP contribution < -0.4 is 0 Å². The predicted molar refractivity (Wildman–Crippen MR) is 92.9 cm³/mol. The van der Waals surface area contributed by atoms with E-state index in [1.165, 1.54) is 6.42 Å². The highest BCUT2D eigenvalue weighted by molar-refractivity contribution is 5.89. The zero-order valence-electron chi connectivity index (χ0n) is 16.0. The van der Waals surface area contributed by atoms with E-state index in [-0.39, 0.29) is 16.7 Å². The van der Waals surface area contributed by atoms with Crippen LogP contribution in [0.2, 0.25) is 0 Å². The fourth-order valence-electron chi connectivity index (χ4n) is 6.52. The predicted octanol–water partition coefficient (Wildman–Crippen LogP) is 4.76. The van der Waals surface area contributed by atoms with Crippen LogP contribution in [0.1, 0.15) is 67.7 Å². The molecule has 0 aromatic heterocycles. The second-order valence-corrected chi connectivity index (χ2v) is 10.2. The van der Waals surface area contributed by atoms with Gasteiger partial charge >= 0.3 is 0 Å². The minimum absolute atomic E-state index is 0.0435. The van der Waals surface area contributed by atoms with Gasteiger partial charge in [0.05, 0.1) is 0 Å². The van der Waals surface area contributed by atoms with Crippen molar-refractivity contribution in [2.45, 2.75) is 67.7 Å². The van der Waals surface area contributed by atoms with E-state index >= 15 is 0 Å². The van der Waals surface area contributed by atoms with Crippen LogP contribution >= 0.6 is 0 Å². The Hall–Kier alpha value is -0.660. The highest BCUT2D eigenvalue weighted by Crippen LogP contribution is 2.64. The second kappa shape index (κ2) is 5.17. The lowest BCUT2D eigenvalue weighted by atomic mass is 9.55. The summed E-state index contributed by atoms with van der Waals surface area (Å²) in [6, 6.07) is 0. The summed E-state index contributed by atoms with van der Waals surface area (Å²) in [6.45, 7) is 15.3. The topological polar surface area (TPSA) is 34.1 Å². The Balaban J connectivity index is 1.87. The van der Waals surface area contributed by atoms with Crippen molar-refractivity contribution in [1.29, 1.82) is 0 Å². The summed E-state index contributed by atoms with van der Waals surface area (Å²) in [4.78, 5) is 25.8. The molecule has 23 heavy (non-hydrogen) atoms. The molecule has 0 aromatic carbocycles. The normalized spacial score (nSPS) is 39.8. The highest BCUT2D eigenvalue weighted by Gasteiger charge is 2.62. The molecule has 3 fully saturated rings. The maximum atomic E-state index is 13.6. The van der Waals surface area contributed by atoms with Gasteiger partial charge in [-0.05, 0) is 47.8 Å². The molecule has 0 heterocycles. The van der Waals surface area contributed by atoms with Gasteiger partial charge in [0.2, 0.25) is 0 Å². The number of hydrogen-bond donors (Lipinski definition) is 0. The maximum absolute atomic E-state index is 13.6. The van der Waals surface area contributed by atoms with E-state index in [0.717, 1.165) is 12.8 Å². The Bertz CT molecular complexity index is 526. The first-order valence-corrected chi connectivity index (χ1v) is 9.57. The van der Waals surface area contributed by atoms with Crippen molar-refractivity contribution in [3.63, 3.8) is 0 Å². The average Bonchev–Trinajstić information content (AvgIpc) is 3.05. The van der Waals surface area contributed by atoms with Crippen molar-refractivity contribution in [2.75, 3.05) is 0 Å². The number of hydrogen-bond acceptors (Lipinski definition) is 2. The van der Waals surface area contributed by atoms with Gasteiger partial charge in [0.1, 0.15) is 11.6 Å². The van der Waals surface area contributed by atoms with E-state index in [4.69, 9.17) is 0 Å². The maximum Gasteiger partial charge on any atom is 0.142 e. The molecule has 0 N–H and O–H groups in total.